The van der Waals surface area contributed by atoms with Crippen LogP contribution in [0.5, 0.6) is 0 Å². The van der Waals surface area contributed by atoms with Gasteiger partial charge in [0.2, 0.25) is 0 Å². The average molecular weight is 477 g/mol. The summed E-state index contributed by atoms with van der Waals surface area (Å²) in [5.41, 5.74) is 3.25. The van der Waals surface area contributed by atoms with Crippen molar-refractivity contribution in [1.82, 2.24) is 4.90 Å². The molecule has 0 aliphatic carbocycles. The second-order valence-corrected chi connectivity index (χ2v) is 8.85. The van der Waals surface area contributed by atoms with Gasteiger partial charge in [0.15, 0.2) is 0 Å². The summed E-state index contributed by atoms with van der Waals surface area (Å²) in [6.45, 7) is 3.66. The van der Waals surface area contributed by atoms with Gasteiger partial charge in [-0.3, -0.25) is 4.79 Å². The van der Waals surface area contributed by atoms with Crippen LogP contribution in [0.4, 0.5) is 18.9 Å². The zero-order valence-electron chi connectivity index (χ0n) is 19.7. The Kier molecular flexibility index (Phi) is 10.3. The van der Waals surface area contributed by atoms with Crippen molar-refractivity contribution < 1.29 is 22.7 Å². The lowest BCUT2D eigenvalue weighted by Gasteiger charge is -2.24. The molecule has 186 valence electrons. The molecule has 0 bridgehead atoms. The number of alkyl halides is 3. The monoisotopic (exact) mass is 476 g/mol. The normalized spacial score (nSPS) is 13.9. The molecule has 0 aromatic heterocycles. The molecule has 0 N–H and O–H groups in total. The van der Waals surface area contributed by atoms with Crippen LogP contribution in [-0.4, -0.2) is 49.8 Å². The Balaban J connectivity index is 1.27. The summed E-state index contributed by atoms with van der Waals surface area (Å²) >= 11 is 0. The van der Waals surface area contributed by atoms with Gasteiger partial charge in [-0.05, 0) is 55.4 Å². The molecule has 2 aromatic carbocycles. The maximum absolute atomic E-state index is 13.0. The summed E-state index contributed by atoms with van der Waals surface area (Å²) in [7, 11) is 0. The SMILES string of the molecule is O=C(N(CCCCCCOCCc1ccc(N2CCCC2)cc1)Cc1ccccc1)C(F)(F)F. The molecule has 0 unspecified atom stereocenters. The third-order valence-corrected chi connectivity index (χ3v) is 6.16. The van der Waals surface area contributed by atoms with E-state index in [0.29, 0.717) is 25.2 Å². The molecule has 1 aliphatic rings. The topological polar surface area (TPSA) is 32.8 Å². The maximum atomic E-state index is 13.0. The molecule has 3 rings (SSSR count). The molecule has 1 amide bonds. The van der Waals surface area contributed by atoms with Gasteiger partial charge in [0.05, 0.1) is 6.61 Å². The van der Waals surface area contributed by atoms with Gasteiger partial charge in [0.1, 0.15) is 0 Å². The van der Waals surface area contributed by atoms with Crippen LogP contribution in [0.15, 0.2) is 54.6 Å². The Labute approximate surface area is 200 Å². The molecule has 34 heavy (non-hydrogen) atoms. The molecule has 0 radical (unpaired) electrons. The Morgan fingerprint density at radius 2 is 1.53 bits per heavy atom. The van der Waals surface area contributed by atoms with Crippen molar-refractivity contribution in [2.45, 2.75) is 57.7 Å². The molecule has 4 nitrogen and oxygen atoms in total. The van der Waals surface area contributed by atoms with Crippen molar-refractivity contribution in [3.8, 4) is 0 Å². The van der Waals surface area contributed by atoms with Crippen LogP contribution in [0.1, 0.15) is 49.7 Å². The van der Waals surface area contributed by atoms with E-state index in [4.69, 9.17) is 4.74 Å². The Bertz CT molecular complexity index is 850. The van der Waals surface area contributed by atoms with E-state index in [9.17, 15) is 18.0 Å². The number of carbonyl (C=O) groups is 1. The van der Waals surface area contributed by atoms with E-state index in [1.54, 1.807) is 30.3 Å². The predicted octanol–water partition coefficient (Wildman–Crippen LogP) is 6.00. The van der Waals surface area contributed by atoms with Crippen LogP contribution < -0.4 is 4.90 Å². The summed E-state index contributed by atoms with van der Waals surface area (Å²) in [6.07, 6.45) is 1.59. The number of benzene rings is 2. The average Bonchev–Trinajstić information content (AvgIpc) is 3.37. The van der Waals surface area contributed by atoms with E-state index in [1.165, 1.54) is 24.1 Å². The van der Waals surface area contributed by atoms with E-state index >= 15 is 0 Å². The van der Waals surface area contributed by atoms with Crippen LogP contribution in [0, 0.1) is 0 Å². The highest BCUT2D eigenvalue weighted by Crippen LogP contribution is 2.22. The first kappa shape index (κ1) is 26.1. The zero-order chi connectivity index (χ0) is 24.2. The molecule has 1 aliphatic heterocycles. The molecule has 0 spiro atoms. The Morgan fingerprint density at radius 3 is 2.21 bits per heavy atom. The van der Waals surface area contributed by atoms with Crippen LogP contribution >= 0.6 is 0 Å². The first-order chi connectivity index (χ1) is 16.4. The lowest BCUT2D eigenvalue weighted by atomic mass is 10.1. The van der Waals surface area contributed by atoms with E-state index in [1.807, 2.05) is 0 Å². The molecule has 1 fully saturated rings. The minimum atomic E-state index is -4.85. The number of ether oxygens (including phenoxy) is 1. The van der Waals surface area contributed by atoms with Gasteiger partial charge in [-0.15, -0.1) is 0 Å². The summed E-state index contributed by atoms with van der Waals surface area (Å²) in [5.74, 6) is -1.77. The molecule has 1 saturated heterocycles. The van der Waals surface area contributed by atoms with Gasteiger partial charge >= 0.3 is 12.1 Å². The molecular weight excluding hydrogens is 441 g/mol. The Morgan fingerprint density at radius 1 is 0.853 bits per heavy atom. The molecule has 0 atom stereocenters. The molecule has 7 heteroatoms. The lowest BCUT2D eigenvalue weighted by molar-refractivity contribution is -0.186. The highest BCUT2D eigenvalue weighted by Gasteiger charge is 2.42. The quantitative estimate of drug-likeness (QED) is 0.333. The summed E-state index contributed by atoms with van der Waals surface area (Å²) in [4.78, 5) is 15.1. The summed E-state index contributed by atoms with van der Waals surface area (Å²) in [6, 6.07) is 17.5. The van der Waals surface area contributed by atoms with Gasteiger partial charge in [-0.1, -0.05) is 55.3 Å². The van der Waals surface area contributed by atoms with Gasteiger partial charge in [-0.2, -0.15) is 13.2 Å². The van der Waals surface area contributed by atoms with Crippen LogP contribution in [0.2, 0.25) is 0 Å². The van der Waals surface area contributed by atoms with Gasteiger partial charge in [-0.25, -0.2) is 0 Å². The molecule has 0 saturated carbocycles. The highest BCUT2D eigenvalue weighted by molar-refractivity contribution is 5.81. The smallest absolute Gasteiger partial charge is 0.381 e. The number of carbonyl (C=O) groups excluding carboxylic acids is 1. The first-order valence-corrected chi connectivity index (χ1v) is 12.2. The number of rotatable bonds is 13. The Hall–Kier alpha value is -2.54. The number of hydrogen-bond acceptors (Lipinski definition) is 3. The van der Waals surface area contributed by atoms with Crippen LogP contribution in [-0.2, 0) is 22.5 Å². The highest BCUT2D eigenvalue weighted by atomic mass is 19.4. The number of hydrogen-bond donors (Lipinski definition) is 0. The van der Waals surface area contributed by atoms with E-state index in [-0.39, 0.29) is 13.1 Å². The fourth-order valence-corrected chi connectivity index (χ4v) is 4.24. The van der Waals surface area contributed by atoms with Gasteiger partial charge < -0.3 is 14.5 Å². The predicted molar refractivity (Wildman–Crippen MR) is 129 cm³/mol. The largest absolute Gasteiger partial charge is 0.471 e. The lowest BCUT2D eigenvalue weighted by Crippen LogP contribution is -2.41. The standard InChI is InChI=1S/C27H35F3N2O2/c28-27(29,30)26(33)32(22-24-10-4-3-5-11-24)19-6-1-2-9-20-34-21-16-23-12-14-25(15-13-23)31-17-7-8-18-31/h3-5,10-15H,1-2,6-9,16-22H2. The van der Waals surface area contributed by atoms with Crippen molar-refractivity contribution in [2.75, 3.05) is 37.7 Å². The molecule has 2 aromatic rings. The summed E-state index contributed by atoms with van der Waals surface area (Å²) < 4.78 is 44.6. The number of halogens is 3. The van der Waals surface area contributed by atoms with Crippen molar-refractivity contribution in [1.29, 1.82) is 0 Å². The van der Waals surface area contributed by atoms with E-state index in [2.05, 4.69) is 29.2 Å². The van der Waals surface area contributed by atoms with Crippen molar-refractivity contribution in [3.63, 3.8) is 0 Å². The van der Waals surface area contributed by atoms with Crippen LogP contribution in [0.3, 0.4) is 0 Å². The second kappa shape index (κ2) is 13.4. The van der Waals surface area contributed by atoms with Crippen LogP contribution in [0.25, 0.3) is 0 Å². The summed E-state index contributed by atoms with van der Waals surface area (Å²) in [5, 5.41) is 0. The molecular formula is C27H35F3N2O2. The zero-order valence-corrected chi connectivity index (χ0v) is 19.7. The van der Waals surface area contributed by atoms with E-state index in [0.717, 1.165) is 43.7 Å². The third-order valence-electron chi connectivity index (χ3n) is 6.16. The fourth-order valence-electron chi connectivity index (χ4n) is 4.24. The molecule has 1 heterocycles. The first-order valence-electron chi connectivity index (χ1n) is 12.2. The van der Waals surface area contributed by atoms with E-state index < -0.39 is 12.1 Å². The van der Waals surface area contributed by atoms with Gasteiger partial charge in [0.25, 0.3) is 0 Å². The number of amides is 1. The van der Waals surface area contributed by atoms with Crippen molar-refractivity contribution in [2.24, 2.45) is 0 Å². The number of anilines is 1. The minimum absolute atomic E-state index is 0.0265. The fraction of sp³-hybridized carbons (Fsp3) is 0.519. The minimum Gasteiger partial charge on any atom is -0.381 e. The maximum Gasteiger partial charge on any atom is 0.471 e. The number of nitrogens with zero attached hydrogens (tertiary/aromatic N) is 2. The van der Waals surface area contributed by atoms with Crippen molar-refractivity contribution in [3.05, 3.63) is 65.7 Å². The second-order valence-electron chi connectivity index (χ2n) is 8.85. The van der Waals surface area contributed by atoms with Crippen molar-refractivity contribution >= 4 is 11.6 Å². The third kappa shape index (κ3) is 8.67. The van der Waals surface area contributed by atoms with Gasteiger partial charge in [0, 0.05) is 38.5 Å². The number of unbranched alkanes of at least 4 members (excludes halogenated alkanes) is 3.